The number of hydrogen-bond donors (Lipinski definition) is 3. The van der Waals surface area contributed by atoms with Crippen molar-refractivity contribution in [2.75, 3.05) is 61.8 Å². The molecule has 2 aliphatic rings. The lowest BCUT2D eigenvalue weighted by molar-refractivity contribution is -0.0436. The number of rotatable bonds is 16. The smallest absolute Gasteiger partial charge is 0.444 e. The number of carbonyl (C=O) groups is 2. The second kappa shape index (κ2) is 22.6. The summed E-state index contributed by atoms with van der Waals surface area (Å²) < 4.78 is 104. The van der Waals surface area contributed by atoms with E-state index in [9.17, 15) is 44.7 Å². The first-order valence-corrected chi connectivity index (χ1v) is 27.5. The van der Waals surface area contributed by atoms with E-state index < -0.39 is 70.6 Å². The molecule has 2 atom stereocenters. The van der Waals surface area contributed by atoms with Crippen LogP contribution in [0.15, 0.2) is 136 Å². The highest BCUT2D eigenvalue weighted by Gasteiger charge is 2.48. The number of benzene rings is 5. The molecule has 0 saturated carbocycles. The Kier molecular flexibility index (Phi) is 17.0. The molecule has 0 bridgehead atoms. The van der Waals surface area contributed by atoms with Gasteiger partial charge in [-0.25, -0.2) is 26.4 Å². The number of sulfonamides is 1. The van der Waals surface area contributed by atoms with Gasteiger partial charge in [-0.3, -0.25) is 9.69 Å². The van der Waals surface area contributed by atoms with Crippen molar-refractivity contribution in [2.45, 2.75) is 78.0 Å². The Morgan fingerprint density at radius 2 is 1.45 bits per heavy atom. The number of piperazine rings is 1. The highest BCUT2D eigenvalue weighted by atomic mass is 35.5. The number of ether oxygens (including phenoxy) is 1. The van der Waals surface area contributed by atoms with E-state index in [2.05, 4.69) is 15.1 Å². The zero-order valence-electron chi connectivity index (χ0n) is 39.4. The number of sulfone groups is 1. The van der Waals surface area contributed by atoms with E-state index in [0.717, 1.165) is 39.4 Å². The molecule has 5 aromatic carbocycles. The Balaban J connectivity index is 1.02. The number of carbonyl (C=O) groups excluding carboxylic acids is 2. The van der Waals surface area contributed by atoms with Crippen LogP contribution in [0.5, 0.6) is 0 Å². The third-order valence-electron chi connectivity index (χ3n) is 12.4. The summed E-state index contributed by atoms with van der Waals surface area (Å²) >= 11 is 7.51. The van der Waals surface area contributed by atoms with Crippen molar-refractivity contribution in [3.8, 4) is 11.1 Å². The predicted molar refractivity (Wildman–Crippen MR) is 271 cm³/mol. The van der Waals surface area contributed by atoms with E-state index in [4.69, 9.17) is 16.3 Å². The number of aliphatic hydroxyl groups is 1. The minimum Gasteiger partial charge on any atom is -0.444 e. The number of nitrogens with zero attached hydrogens (tertiary/aromatic N) is 3. The summed E-state index contributed by atoms with van der Waals surface area (Å²) in [6, 6.07) is 32.3. The molecule has 0 radical (unpaired) electrons. The van der Waals surface area contributed by atoms with Gasteiger partial charge in [-0.1, -0.05) is 66.2 Å². The van der Waals surface area contributed by atoms with Gasteiger partial charge in [0.05, 0.1) is 16.7 Å². The summed E-state index contributed by atoms with van der Waals surface area (Å²) in [5, 5.41) is 15.1. The SMILES string of the molecule is CC(C)(C)OC(=O)N1CCN(CCC(CSc2ccccc2)Nc2ccc(S(=O)(=O)NC(=O)c3ccc(N4CCC([C@@H](O)c5ccccc5-c5ccc(Cl)cc5)CC4)cc3)cc2S(=O)(=O)C(F)(F)F)CC1. The first-order chi connectivity index (χ1) is 33.6. The normalized spacial score (nSPS) is 16.3. The van der Waals surface area contributed by atoms with Crippen LogP contribution in [0.3, 0.4) is 0 Å². The van der Waals surface area contributed by atoms with Crippen LogP contribution in [0.2, 0.25) is 5.02 Å². The van der Waals surface area contributed by atoms with Gasteiger partial charge in [-0.15, -0.1) is 11.8 Å². The molecular weight excluding hydrogens is 999 g/mol. The van der Waals surface area contributed by atoms with Crippen LogP contribution in [-0.4, -0.2) is 112 Å². The van der Waals surface area contributed by atoms with Gasteiger partial charge in [0, 0.05) is 78.8 Å². The number of anilines is 2. The lowest BCUT2D eigenvalue weighted by atomic mass is 9.84. The fraction of sp³-hybridized carbons (Fsp3) is 0.373. The molecular formula is C51H57ClF3N5O8S3. The monoisotopic (exact) mass is 1060 g/mol. The van der Waals surface area contributed by atoms with Crippen LogP contribution < -0.4 is 14.9 Å². The van der Waals surface area contributed by atoms with E-state index in [1.54, 1.807) is 37.8 Å². The Hall–Kier alpha value is -5.31. The van der Waals surface area contributed by atoms with E-state index >= 15 is 0 Å². The molecule has 2 amide bonds. The van der Waals surface area contributed by atoms with Crippen molar-refractivity contribution in [2.24, 2.45) is 5.92 Å². The molecule has 71 heavy (non-hydrogen) atoms. The maximum absolute atomic E-state index is 14.3. The molecule has 3 N–H and O–H groups in total. The zero-order chi connectivity index (χ0) is 51.1. The number of amides is 2. The molecule has 0 spiro atoms. The number of piperidine rings is 1. The van der Waals surface area contributed by atoms with Crippen molar-refractivity contribution in [3.63, 3.8) is 0 Å². The van der Waals surface area contributed by atoms with Crippen LogP contribution in [0, 0.1) is 5.92 Å². The standard InChI is InChI=1S/C51H57ClF3N5O8S3/c1-50(2,3)68-49(63)60-31-29-58(30-32-60)26-25-39(34-69-41-9-5-4-6-10-41)56-45-22-21-42(33-46(45)70(64,65)51(53,54)55)71(66,67)57-48(62)37-15-19-40(20-16-37)59-27-23-36(24-28-59)47(61)44-12-8-7-11-43(44)35-13-17-38(52)18-14-35/h4-22,33,36,39,47,56,61H,23-32,34H2,1-3H3,(H,57,62)/t39?,47-/m1/s1. The molecule has 0 aliphatic carbocycles. The number of aliphatic hydroxyl groups excluding tert-OH is 1. The summed E-state index contributed by atoms with van der Waals surface area (Å²) in [6.45, 7) is 8.78. The van der Waals surface area contributed by atoms with Gasteiger partial charge in [0.1, 0.15) is 10.5 Å². The number of halogens is 4. The summed E-state index contributed by atoms with van der Waals surface area (Å²) in [6.07, 6.45) is 0.535. The quantitative estimate of drug-likeness (QED) is 0.0803. The fourth-order valence-electron chi connectivity index (χ4n) is 8.52. The van der Waals surface area contributed by atoms with Gasteiger partial charge >= 0.3 is 11.6 Å². The highest BCUT2D eigenvalue weighted by Crippen LogP contribution is 2.39. The maximum atomic E-state index is 14.3. The number of hydrogen-bond acceptors (Lipinski definition) is 12. The molecule has 1 unspecified atom stereocenters. The topological polar surface area (TPSA) is 166 Å². The molecule has 20 heteroatoms. The van der Waals surface area contributed by atoms with Gasteiger partial charge in [0.25, 0.3) is 25.8 Å². The molecule has 2 aliphatic heterocycles. The van der Waals surface area contributed by atoms with Gasteiger partial charge in [0.2, 0.25) is 0 Å². The molecule has 7 rings (SSSR count). The predicted octanol–water partition coefficient (Wildman–Crippen LogP) is 9.88. The fourth-order valence-corrected chi connectivity index (χ4v) is 11.7. The largest absolute Gasteiger partial charge is 0.501 e. The van der Waals surface area contributed by atoms with E-state index in [0.29, 0.717) is 81.9 Å². The maximum Gasteiger partial charge on any atom is 0.501 e. The van der Waals surface area contributed by atoms with E-state index in [1.165, 1.54) is 23.9 Å². The van der Waals surface area contributed by atoms with Crippen LogP contribution in [-0.2, 0) is 24.6 Å². The van der Waals surface area contributed by atoms with E-state index in [1.807, 2.05) is 83.6 Å². The van der Waals surface area contributed by atoms with Gasteiger partial charge < -0.3 is 25.0 Å². The minimum atomic E-state index is -6.13. The van der Waals surface area contributed by atoms with Crippen molar-refractivity contribution in [1.82, 2.24) is 14.5 Å². The average Bonchev–Trinajstić information content (AvgIpc) is 3.34. The van der Waals surface area contributed by atoms with Gasteiger partial charge in [-0.2, -0.15) is 13.2 Å². The number of nitrogens with one attached hydrogen (secondary N) is 2. The van der Waals surface area contributed by atoms with Gasteiger partial charge in [-0.05, 0) is 129 Å². The average molecular weight is 1060 g/mol. The molecule has 2 heterocycles. The van der Waals surface area contributed by atoms with Crippen molar-refractivity contribution < 1.29 is 49.4 Å². The lowest BCUT2D eigenvalue weighted by Crippen LogP contribution is -2.50. The van der Waals surface area contributed by atoms with Crippen molar-refractivity contribution >= 4 is 66.6 Å². The molecule has 5 aromatic rings. The number of alkyl halides is 3. The molecule has 0 aromatic heterocycles. The Morgan fingerprint density at radius 1 is 0.817 bits per heavy atom. The first-order valence-electron chi connectivity index (χ1n) is 23.1. The summed E-state index contributed by atoms with van der Waals surface area (Å²) in [5.41, 5.74) is -3.53. The summed E-state index contributed by atoms with van der Waals surface area (Å²) in [7, 11) is -11.0. The summed E-state index contributed by atoms with van der Waals surface area (Å²) in [5.74, 6) is -0.812. The highest BCUT2D eigenvalue weighted by molar-refractivity contribution is 7.99. The Bertz CT molecular complexity index is 2860. The number of thioether (sulfide) groups is 1. The van der Waals surface area contributed by atoms with E-state index in [-0.39, 0.29) is 11.5 Å². The lowest BCUT2D eigenvalue weighted by Gasteiger charge is -2.36. The molecule has 2 saturated heterocycles. The molecule has 2 fully saturated rings. The third kappa shape index (κ3) is 13.8. The zero-order valence-corrected chi connectivity index (χ0v) is 42.6. The second-order valence-electron chi connectivity index (χ2n) is 18.5. The van der Waals surface area contributed by atoms with Crippen molar-refractivity contribution in [1.29, 1.82) is 0 Å². The van der Waals surface area contributed by atoms with Crippen LogP contribution >= 0.6 is 23.4 Å². The third-order valence-corrected chi connectivity index (χ3v) is 16.7. The van der Waals surface area contributed by atoms with Crippen molar-refractivity contribution in [3.05, 3.63) is 137 Å². The summed E-state index contributed by atoms with van der Waals surface area (Å²) in [4.78, 5) is 30.5. The molecule has 380 valence electrons. The Labute approximate surface area is 422 Å². The Morgan fingerprint density at radius 3 is 2.08 bits per heavy atom. The van der Waals surface area contributed by atoms with Crippen LogP contribution in [0.4, 0.5) is 29.3 Å². The molecule has 13 nitrogen and oxygen atoms in total. The first kappa shape index (κ1) is 53.5. The minimum absolute atomic E-state index is 0.0297. The van der Waals surface area contributed by atoms with Crippen LogP contribution in [0.25, 0.3) is 11.1 Å². The second-order valence-corrected chi connectivity index (χ2v) is 23.6. The van der Waals surface area contributed by atoms with Gasteiger partial charge in [0.15, 0.2) is 0 Å². The van der Waals surface area contributed by atoms with Crippen LogP contribution in [0.1, 0.15) is 62.1 Å².